The number of nitrogens with zero attached hydrogens (tertiary/aromatic N) is 2. The number of esters is 1. The Kier molecular flexibility index (Phi) is 6.16. The van der Waals surface area contributed by atoms with E-state index in [-0.39, 0.29) is 23.1 Å². The third-order valence-electron chi connectivity index (χ3n) is 3.63. The minimum atomic E-state index is -3.67. The first-order chi connectivity index (χ1) is 11.7. The van der Waals surface area contributed by atoms with Crippen LogP contribution in [0.2, 0.25) is 5.15 Å². The molecule has 0 fully saturated rings. The Balaban J connectivity index is 2.15. The minimum absolute atomic E-state index is 0.0197. The molecule has 0 bridgehead atoms. The zero-order valence-corrected chi connectivity index (χ0v) is 15.7. The summed E-state index contributed by atoms with van der Waals surface area (Å²) in [4.78, 5) is 16.1. The van der Waals surface area contributed by atoms with Gasteiger partial charge in [0.25, 0.3) is 0 Å². The van der Waals surface area contributed by atoms with Crippen molar-refractivity contribution >= 4 is 27.6 Å². The van der Waals surface area contributed by atoms with Gasteiger partial charge < -0.3 is 4.74 Å². The van der Waals surface area contributed by atoms with E-state index in [0.717, 1.165) is 0 Å². The summed E-state index contributed by atoms with van der Waals surface area (Å²) in [6.07, 6.45) is 1.51. The van der Waals surface area contributed by atoms with Crippen molar-refractivity contribution in [2.75, 3.05) is 7.05 Å². The number of pyridine rings is 1. The summed E-state index contributed by atoms with van der Waals surface area (Å²) < 4.78 is 31.5. The molecule has 0 spiro atoms. The van der Waals surface area contributed by atoms with E-state index in [1.807, 2.05) is 0 Å². The standard InChI is InChI=1S/C17H19ClN2O4S/c1-12(2)20(3)25(22,23)15-6-4-5-14(9-15)17(21)24-11-13-7-8-16(18)19-10-13/h4-10,12H,11H2,1-3H3. The molecule has 6 nitrogen and oxygen atoms in total. The first kappa shape index (κ1) is 19.4. The van der Waals surface area contributed by atoms with E-state index in [2.05, 4.69) is 4.98 Å². The van der Waals surface area contributed by atoms with Crippen LogP contribution in [0.25, 0.3) is 0 Å². The fourth-order valence-electron chi connectivity index (χ4n) is 1.95. The summed E-state index contributed by atoms with van der Waals surface area (Å²) >= 11 is 5.70. The average molecular weight is 383 g/mol. The van der Waals surface area contributed by atoms with Crippen LogP contribution < -0.4 is 0 Å². The molecule has 2 aromatic rings. The molecule has 0 amide bonds. The Bertz CT molecular complexity index is 851. The van der Waals surface area contributed by atoms with Crippen molar-refractivity contribution in [3.05, 3.63) is 58.9 Å². The van der Waals surface area contributed by atoms with Crippen LogP contribution >= 0.6 is 11.6 Å². The maximum absolute atomic E-state index is 12.5. The molecular weight excluding hydrogens is 364 g/mol. The SMILES string of the molecule is CC(C)N(C)S(=O)(=O)c1cccc(C(=O)OCc2ccc(Cl)nc2)c1. The predicted octanol–water partition coefficient (Wildman–Crippen LogP) is 3.12. The summed E-state index contributed by atoms with van der Waals surface area (Å²) in [6, 6.07) is 8.89. The molecule has 8 heteroatoms. The van der Waals surface area contributed by atoms with Gasteiger partial charge in [-0.05, 0) is 38.1 Å². The molecule has 0 saturated heterocycles. The molecule has 25 heavy (non-hydrogen) atoms. The second-order valence-electron chi connectivity index (χ2n) is 5.71. The van der Waals surface area contributed by atoms with Crippen molar-refractivity contribution in [2.45, 2.75) is 31.4 Å². The molecule has 0 aliphatic heterocycles. The van der Waals surface area contributed by atoms with E-state index in [1.165, 1.54) is 41.8 Å². The largest absolute Gasteiger partial charge is 0.457 e. The maximum Gasteiger partial charge on any atom is 0.338 e. The molecule has 1 heterocycles. The number of aromatic nitrogens is 1. The molecule has 0 aliphatic carbocycles. The fourth-order valence-corrected chi connectivity index (χ4v) is 3.48. The third-order valence-corrected chi connectivity index (χ3v) is 5.89. The fraction of sp³-hybridized carbons (Fsp3) is 0.294. The second kappa shape index (κ2) is 7.95. The van der Waals surface area contributed by atoms with Crippen LogP contribution in [-0.2, 0) is 21.4 Å². The van der Waals surface area contributed by atoms with E-state index in [4.69, 9.17) is 16.3 Å². The Morgan fingerprint density at radius 3 is 2.60 bits per heavy atom. The van der Waals surface area contributed by atoms with Crippen LogP contribution in [0.15, 0.2) is 47.5 Å². The molecule has 0 radical (unpaired) electrons. The van der Waals surface area contributed by atoms with Crippen molar-refractivity contribution in [3.63, 3.8) is 0 Å². The van der Waals surface area contributed by atoms with Gasteiger partial charge in [-0.1, -0.05) is 23.7 Å². The summed E-state index contributed by atoms with van der Waals surface area (Å²) in [5.74, 6) is -0.612. The van der Waals surface area contributed by atoms with Crippen molar-refractivity contribution in [3.8, 4) is 0 Å². The van der Waals surface area contributed by atoms with Crippen molar-refractivity contribution in [2.24, 2.45) is 0 Å². The molecule has 0 saturated carbocycles. The molecule has 1 aromatic heterocycles. The quantitative estimate of drug-likeness (QED) is 0.566. The molecule has 0 aliphatic rings. The molecule has 2 rings (SSSR count). The molecule has 0 N–H and O–H groups in total. The average Bonchev–Trinajstić information content (AvgIpc) is 2.60. The number of carbonyl (C=O) groups excluding carboxylic acids is 1. The number of ether oxygens (including phenoxy) is 1. The van der Waals surface area contributed by atoms with Crippen LogP contribution in [0.1, 0.15) is 29.8 Å². The van der Waals surface area contributed by atoms with Gasteiger partial charge in [0.05, 0.1) is 10.5 Å². The molecular formula is C17H19ClN2O4S. The summed E-state index contributed by atoms with van der Waals surface area (Å²) in [5, 5.41) is 0.349. The molecule has 0 unspecified atom stereocenters. The lowest BCUT2D eigenvalue weighted by atomic mass is 10.2. The highest BCUT2D eigenvalue weighted by Gasteiger charge is 2.24. The highest BCUT2D eigenvalue weighted by atomic mass is 35.5. The smallest absolute Gasteiger partial charge is 0.338 e. The van der Waals surface area contributed by atoms with Gasteiger partial charge in [-0.3, -0.25) is 0 Å². The van der Waals surface area contributed by atoms with E-state index in [9.17, 15) is 13.2 Å². The van der Waals surface area contributed by atoms with Crippen LogP contribution in [0.5, 0.6) is 0 Å². The van der Waals surface area contributed by atoms with E-state index in [1.54, 1.807) is 26.0 Å². The summed E-state index contributed by atoms with van der Waals surface area (Å²) in [5.41, 5.74) is 0.848. The van der Waals surface area contributed by atoms with Crippen LogP contribution in [0.3, 0.4) is 0 Å². The number of hydrogen-bond donors (Lipinski definition) is 0. The first-order valence-corrected chi connectivity index (χ1v) is 9.39. The second-order valence-corrected chi connectivity index (χ2v) is 8.09. The number of carbonyl (C=O) groups is 1. The van der Waals surface area contributed by atoms with Crippen LogP contribution in [-0.4, -0.2) is 36.8 Å². The summed E-state index contributed by atoms with van der Waals surface area (Å²) in [6.45, 7) is 3.57. The van der Waals surface area contributed by atoms with Crippen LogP contribution in [0.4, 0.5) is 0 Å². The first-order valence-electron chi connectivity index (χ1n) is 7.57. The lowest BCUT2D eigenvalue weighted by Gasteiger charge is -2.21. The number of sulfonamides is 1. The van der Waals surface area contributed by atoms with Gasteiger partial charge in [0.1, 0.15) is 11.8 Å². The van der Waals surface area contributed by atoms with Crippen molar-refractivity contribution in [1.29, 1.82) is 0 Å². The molecule has 0 atom stereocenters. The van der Waals surface area contributed by atoms with Gasteiger partial charge in [-0.2, -0.15) is 4.31 Å². The molecule has 134 valence electrons. The highest BCUT2D eigenvalue weighted by molar-refractivity contribution is 7.89. The Hall–Kier alpha value is -1.96. The zero-order valence-electron chi connectivity index (χ0n) is 14.1. The van der Waals surface area contributed by atoms with Gasteiger partial charge >= 0.3 is 5.97 Å². The Morgan fingerprint density at radius 1 is 1.28 bits per heavy atom. The normalized spacial score (nSPS) is 11.8. The van der Waals surface area contributed by atoms with Gasteiger partial charge in [0, 0.05) is 24.8 Å². The summed E-state index contributed by atoms with van der Waals surface area (Å²) in [7, 11) is -2.17. The van der Waals surface area contributed by atoms with E-state index in [0.29, 0.717) is 10.7 Å². The van der Waals surface area contributed by atoms with Gasteiger partial charge in [0.2, 0.25) is 10.0 Å². The van der Waals surface area contributed by atoms with Crippen molar-refractivity contribution in [1.82, 2.24) is 9.29 Å². The number of hydrogen-bond acceptors (Lipinski definition) is 5. The molecule has 1 aromatic carbocycles. The Morgan fingerprint density at radius 2 is 2.00 bits per heavy atom. The van der Waals surface area contributed by atoms with E-state index >= 15 is 0 Å². The van der Waals surface area contributed by atoms with Crippen LogP contribution in [0, 0.1) is 0 Å². The minimum Gasteiger partial charge on any atom is -0.457 e. The predicted molar refractivity (Wildman–Crippen MR) is 94.9 cm³/mol. The number of rotatable bonds is 6. The highest BCUT2D eigenvalue weighted by Crippen LogP contribution is 2.18. The monoisotopic (exact) mass is 382 g/mol. The zero-order chi connectivity index (χ0) is 18.6. The van der Waals surface area contributed by atoms with E-state index < -0.39 is 16.0 Å². The third kappa shape index (κ3) is 4.78. The van der Waals surface area contributed by atoms with Gasteiger partial charge in [-0.15, -0.1) is 0 Å². The lowest BCUT2D eigenvalue weighted by molar-refractivity contribution is 0.0472. The maximum atomic E-state index is 12.5. The number of halogens is 1. The topological polar surface area (TPSA) is 76.6 Å². The van der Waals surface area contributed by atoms with Gasteiger partial charge in [0.15, 0.2) is 0 Å². The number of benzene rings is 1. The van der Waals surface area contributed by atoms with Gasteiger partial charge in [-0.25, -0.2) is 18.2 Å². The van der Waals surface area contributed by atoms with Crippen molar-refractivity contribution < 1.29 is 17.9 Å². The Labute approximate surface area is 152 Å². The lowest BCUT2D eigenvalue weighted by Crippen LogP contribution is -2.33.